The molecule has 0 aliphatic heterocycles. The van der Waals surface area contributed by atoms with Crippen molar-refractivity contribution in [1.82, 2.24) is 9.80 Å². The van der Waals surface area contributed by atoms with E-state index in [0.717, 1.165) is 24.3 Å². The lowest BCUT2D eigenvalue weighted by Crippen LogP contribution is -2.74. The zero-order valence-electron chi connectivity index (χ0n) is 26.8. The van der Waals surface area contributed by atoms with Crippen molar-refractivity contribution in [1.29, 1.82) is 0 Å². The van der Waals surface area contributed by atoms with Gasteiger partial charge in [-0.2, -0.15) is 0 Å². The quantitative estimate of drug-likeness (QED) is 0.365. The molecule has 1 amide bonds. The number of likely N-dealkylation sites (N-methyl/N-ethyl adjacent to an activating group) is 1. The Morgan fingerprint density at radius 1 is 1.07 bits per heavy atom. The Hall–Kier alpha value is -3.15. The van der Waals surface area contributed by atoms with E-state index in [-0.39, 0.29) is 29.6 Å². The van der Waals surface area contributed by atoms with Gasteiger partial charge in [0.25, 0.3) is 0 Å². The van der Waals surface area contributed by atoms with Gasteiger partial charge in [-0.05, 0) is 74.2 Å². The van der Waals surface area contributed by atoms with Crippen LogP contribution in [0.2, 0.25) is 0 Å². The van der Waals surface area contributed by atoms with E-state index in [1.54, 1.807) is 20.2 Å². The lowest BCUT2D eigenvalue weighted by atomic mass is 9.52. The number of ketones is 4. The maximum atomic E-state index is 14.1. The van der Waals surface area contributed by atoms with Crippen molar-refractivity contribution in [2.75, 3.05) is 46.2 Å². The van der Waals surface area contributed by atoms with Gasteiger partial charge in [-0.25, -0.2) is 0 Å². The predicted octanol–water partition coefficient (Wildman–Crippen LogP) is 1.19. The highest BCUT2D eigenvalue weighted by atomic mass is 16.3. The van der Waals surface area contributed by atoms with Crippen molar-refractivity contribution in [3.8, 4) is 5.75 Å². The van der Waals surface area contributed by atoms with E-state index in [0.29, 0.717) is 18.0 Å². The maximum Gasteiger partial charge on any atom is 0.235 e. The number of phenolic OH excluding ortho intramolecular Hbond substituents is 1. The molecule has 2 unspecified atom stereocenters. The molecule has 0 spiro atoms. The first kappa shape index (κ1) is 32.2. The van der Waals surface area contributed by atoms with Crippen LogP contribution in [0.5, 0.6) is 5.75 Å². The first-order valence-corrected chi connectivity index (χ1v) is 15.5. The Morgan fingerprint density at radius 2 is 1.70 bits per heavy atom. The van der Waals surface area contributed by atoms with E-state index >= 15 is 0 Å². The molecule has 1 aromatic carbocycles. The number of fused-ring (bicyclic) bond motifs is 3. The molecule has 240 valence electrons. The standard InChI is InChI=1S/C33H46N4O7/c1-32(2,3)15-37(13-16-8-9-16)14-18-12-21(38)23-19(25(18)35(4)5)10-17-11-20-26(36(6)7)28(40)24(31(34)43)30(42)33(20,44)29(41)22(17)27(23)39/h12,16-17,20,22,24,26,38,44H,8-11,13-15H2,1-7H3,(H2,34,43)/t17-,20-,22?,24?,26-,33-/m0/s1. The predicted molar refractivity (Wildman–Crippen MR) is 163 cm³/mol. The number of rotatable bonds is 8. The summed E-state index contributed by atoms with van der Waals surface area (Å²) in [5.74, 6) is -9.69. The zero-order valence-corrected chi connectivity index (χ0v) is 26.8. The number of amides is 1. The molecular formula is C33H46N4O7. The number of carbonyl (C=O) groups excluding carboxylic acids is 5. The molecule has 44 heavy (non-hydrogen) atoms. The van der Waals surface area contributed by atoms with Gasteiger partial charge in [-0.15, -0.1) is 0 Å². The minimum Gasteiger partial charge on any atom is -0.507 e. The number of aromatic hydroxyl groups is 1. The summed E-state index contributed by atoms with van der Waals surface area (Å²) in [6, 6.07) is 0.480. The SMILES string of the molecule is CN(C)c1c(CN(CC2CC2)CC(C)(C)C)cc(O)c2c1C[C@H]1C[C@H]3[C@H](N(C)C)C(=O)C(C(N)=O)C(=O)[C@@]3(O)C(=O)C1C2=O. The van der Waals surface area contributed by atoms with Gasteiger partial charge in [0.1, 0.15) is 5.75 Å². The third-order valence-electron chi connectivity index (χ3n) is 9.87. The van der Waals surface area contributed by atoms with Crippen molar-refractivity contribution < 1.29 is 34.2 Å². The monoisotopic (exact) mass is 610 g/mol. The maximum absolute atomic E-state index is 14.1. The number of phenols is 1. The number of carbonyl (C=O) groups is 5. The summed E-state index contributed by atoms with van der Waals surface area (Å²) >= 11 is 0. The Labute approximate surface area is 258 Å². The average Bonchev–Trinajstić information content (AvgIpc) is 3.68. The highest BCUT2D eigenvalue weighted by Gasteiger charge is 2.69. The Bertz CT molecular complexity index is 1430. The second-order valence-corrected chi connectivity index (χ2v) is 15.1. The van der Waals surface area contributed by atoms with E-state index in [2.05, 4.69) is 25.7 Å². The summed E-state index contributed by atoms with van der Waals surface area (Å²) in [5, 5.41) is 23.1. The summed E-state index contributed by atoms with van der Waals surface area (Å²) in [5.41, 5.74) is 5.06. The molecule has 6 atom stereocenters. The molecule has 0 bridgehead atoms. The molecule has 1 aromatic rings. The number of aliphatic hydroxyl groups is 1. The fourth-order valence-electron chi connectivity index (χ4n) is 8.17. The molecule has 3 fully saturated rings. The molecule has 0 radical (unpaired) electrons. The number of hydrogen-bond acceptors (Lipinski definition) is 10. The van der Waals surface area contributed by atoms with Gasteiger partial charge in [-0.3, -0.25) is 33.8 Å². The highest BCUT2D eigenvalue weighted by Crippen LogP contribution is 2.52. The van der Waals surface area contributed by atoms with Crippen molar-refractivity contribution in [2.45, 2.75) is 64.6 Å². The van der Waals surface area contributed by atoms with Crippen LogP contribution in [0.4, 0.5) is 5.69 Å². The van der Waals surface area contributed by atoms with Gasteiger partial charge in [0.15, 0.2) is 34.7 Å². The molecule has 4 N–H and O–H groups in total. The van der Waals surface area contributed by atoms with Crippen LogP contribution >= 0.6 is 0 Å². The number of benzene rings is 1. The second-order valence-electron chi connectivity index (χ2n) is 15.1. The number of anilines is 1. The van der Waals surface area contributed by atoms with Crippen molar-refractivity contribution in [2.24, 2.45) is 40.7 Å². The van der Waals surface area contributed by atoms with Crippen LogP contribution in [-0.2, 0) is 32.1 Å². The minimum atomic E-state index is -2.73. The highest BCUT2D eigenvalue weighted by molar-refractivity contribution is 6.32. The first-order chi connectivity index (χ1) is 20.4. The van der Waals surface area contributed by atoms with Gasteiger partial charge < -0.3 is 20.8 Å². The van der Waals surface area contributed by atoms with Crippen LogP contribution in [0.1, 0.15) is 61.5 Å². The van der Waals surface area contributed by atoms with Gasteiger partial charge >= 0.3 is 0 Å². The smallest absolute Gasteiger partial charge is 0.235 e. The molecular weight excluding hydrogens is 564 g/mol. The summed E-state index contributed by atoms with van der Waals surface area (Å²) in [7, 11) is 6.93. The van der Waals surface area contributed by atoms with E-state index in [4.69, 9.17) is 5.73 Å². The summed E-state index contributed by atoms with van der Waals surface area (Å²) in [6.07, 6.45) is 2.67. The number of primary amides is 1. The lowest BCUT2D eigenvalue weighted by Gasteiger charge is -2.52. The number of hydrogen-bond donors (Lipinski definition) is 3. The number of Topliss-reactive ketones (excluding diaryl/α,β-unsaturated/α-hetero) is 4. The van der Waals surface area contributed by atoms with Gasteiger partial charge in [-0.1, -0.05) is 20.8 Å². The van der Waals surface area contributed by atoms with Gasteiger partial charge in [0, 0.05) is 45.3 Å². The first-order valence-electron chi connectivity index (χ1n) is 15.5. The Kier molecular flexibility index (Phi) is 8.08. The lowest BCUT2D eigenvalue weighted by molar-refractivity contribution is -0.181. The van der Waals surface area contributed by atoms with Gasteiger partial charge in [0.05, 0.1) is 17.5 Å². The molecule has 4 aliphatic carbocycles. The van der Waals surface area contributed by atoms with Gasteiger partial charge in [0.2, 0.25) is 5.91 Å². The van der Waals surface area contributed by atoms with Crippen molar-refractivity contribution in [3.63, 3.8) is 0 Å². The average molecular weight is 611 g/mol. The second kappa shape index (κ2) is 11.0. The van der Waals surface area contributed by atoms with Crippen LogP contribution in [0, 0.1) is 35.0 Å². The molecule has 3 saturated carbocycles. The number of nitrogens with two attached hydrogens (primary N) is 1. The molecule has 0 saturated heterocycles. The van der Waals surface area contributed by atoms with E-state index < -0.39 is 64.4 Å². The Balaban J connectivity index is 1.59. The summed E-state index contributed by atoms with van der Waals surface area (Å²) in [6.45, 7) is 8.95. The van der Waals surface area contributed by atoms with Crippen LogP contribution in [-0.4, -0.2) is 102 Å². The van der Waals surface area contributed by atoms with Crippen molar-refractivity contribution >= 4 is 34.7 Å². The van der Waals surface area contributed by atoms with Crippen LogP contribution < -0.4 is 10.6 Å². The molecule has 4 aliphatic rings. The third kappa shape index (κ3) is 5.26. The minimum absolute atomic E-state index is 0.0219. The van der Waals surface area contributed by atoms with Crippen LogP contribution in [0.15, 0.2) is 6.07 Å². The summed E-state index contributed by atoms with van der Waals surface area (Å²) in [4.78, 5) is 73.1. The fourth-order valence-corrected chi connectivity index (χ4v) is 8.17. The molecule has 0 heterocycles. The molecule has 11 nitrogen and oxygen atoms in total. The largest absolute Gasteiger partial charge is 0.507 e. The normalized spacial score (nSPS) is 30.4. The topological polar surface area (TPSA) is 162 Å². The van der Waals surface area contributed by atoms with E-state index in [1.807, 2.05) is 19.0 Å². The van der Waals surface area contributed by atoms with Crippen LogP contribution in [0.3, 0.4) is 0 Å². The van der Waals surface area contributed by atoms with Crippen molar-refractivity contribution in [3.05, 3.63) is 22.8 Å². The molecule has 0 aromatic heterocycles. The Morgan fingerprint density at radius 3 is 2.23 bits per heavy atom. The van der Waals surface area contributed by atoms with Crippen LogP contribution in [0.25, 0.3) is 0 Å². The fraction of sp³-hybridized carbons (Fsp3) is 0.667. The zero-order chi connectivity index (χ0) is 32.6. The summed E-state index contributed by atoms with van der Waals surface area (Å²) < 4.78 is 0. The third-order valence-corrected chi connectivity index (χ3v) is 9.87. The molecule has 5 rings (SSSR count). The van der Waals surface area contributed by atoms with E-state index in [9.17, 15) is 34.2 Å². The molecule has 11 heteroatoms. The van der Waals surface area contributed by atoms with E-state index in [1.165, 1.54) is 17.7 Å². The number of nitrogens with zero attached hydrogens (tertiary/aromatic N) is 3.